The summed E-state index contributed by atoms with van der Waals surface area (Å²) in [6, 6.07) is 17.4. The van der Waals surface area contributed by atoms with Gasteiger partial charge in [0.2, 0.25) is 15.9 Å². The van der Waals surface area contributed by atoms with Gasteiger partial charge in [-0.05, 0) is 49.4 Å². The van der Waals surface area contributed by atoms with E-state index in [0.29, 0.717) is 48.0 Å². The van der Waals surface area contributed by atoms with Gasteiger partial charge in [-0.3, -0.25) is 9.59 Å². The Kier molecular flexibility index (Phi) is 7.76. The van der Waals surface area contributed by atoms with E-state index in [0.717, 1.165) is 12.0 Å². The summed E-state index contributed by atoms with van der Waals surface area (Å²) in [5, 5.41) is 4.13. The van der Waals surface area contributed by atoms with Crippen molar-refractivity contribution < 1.29 is 18.0 Å². The lowest BCUT2D eigenvalue weighted by Gasteiger charge is -2.37. The van der Waals surface area contributed by atoms with Crippen molar-refractivity contribution in [3.05, 3.63) is 71.8 Å². The molecule has 3 aromatic rings. The minimum absolute atomic E-state index is 0.00623. The van der Waals surface area contributed by atoms with Crippen molar-refractivity contribution in [3.8, 4) is 0 Å². The van der Waals surface area contributed by atoms with Crippen LogP contribution in [0.4, 0.5) is 5.69 Å². The van der Waals surface area contributed by atoms with Crippen molar-refractivity contribution in [2.45, 2.75) is 51.0 Å². The third-order valence-electron chi connectivity index (χ3n) is 6.84. The number of anilines is 1. The third-order valence-corrected chi connectivity index (χ3v) is 8.39. The zero-order chi connectivity index (χ0) is 25.9. The molecule has 1 fully saturated rings. The van der Waals surface area contributed by atoms with Gasteiger partial charge in [0.25, 0.3) is 5.91 Å². The third kappa shape index (κ3) is 5.44. The summed E-state index contributed by atoms with van der Waals surface area (Å²) in [4.78, 5) is 27.2. The van der Waals surface area contributed by atoms with Gasteiger partial charge in [0.1, 0.15) is 0 Å². The lowest BCUT2D eigenvalue weighted by atomic mass is 9.94. The predicted octanol–water partition coefficient (Wildman–Crippen LogP) is 4.72. The van der Waals surface area contributed by atoms with Crippen molar-refractivity contribution >= 4 is 38.3 Å². The molecule has 2 atom stereocenters. The van der Waals surface area contributed by atoms with E-state index in [2.05, 4.69) is 10.0 Å². The summed E-state index contributed by atoms with van der Waals surface area (Å²) in [5.74, 6) is -0.126. The second-order valence-corrected chi connectivity index (χ2v) is 11.2. The number of fused-ring (bicyclic) bond motifs is 1. The molecule has 4 rings (SSSR count). The second-order valence-electron chi connectivity index (χ2n) is 9.51. The molecule has 8 heteroatoms. The van der Waals surface area contributed by atoms with E-state index >= 15 is 0 Å². The van der Waals surface area contributed by atoms with Gasteiger partial charge in [-0.1, -0.05) is 56.3 Å². The average molecular weight is 508 g/mol. The zero-order valence-electron chi connectivity index (χ0n) is 21.0. The molecule has 1 unspecified atom stereocenters. The van der Waals surface area contributed by atoms with Gasteiger partial charge in [-0.25, -0.2) is 13.1 Å². The molecule has 3 aromatic carbocycles. The number of sulfonamides is 1. The molecule has 1 saturated heterocycles. The normalized spacial score (nSPS) is 18.2. The molecule has 36 heavy (non-hydrogen) atoms. The van der Waals surface area contributed by atoms with Crippen molar-refractivity contribution in [2.24, 2.45) is 5.92 Å². The Balaban J connectivity index is 1.57. The largest absolute Gasteiger partial charge is 0.342 e. The molecule has 0 radical (unpaired) electrons. The number of carbonyl (C=O) groups is 2. The van der Waals surface area contributed by atoms with Gasteiger partial charge in [-0.15, -0.1) is 0 Å². The van der Waals surface area contributed by atoms with E-state index in [1.807, 2.05) is 56.0 Å². The number of piperidine rings is 1. The maximum absolute atomic E-state index is 13.5. The Labute approximate surface area is 212 Å². The summed E-state index contributed by atoms with van der Waals surface area (Å²) < 4.78 is 29.9. The maximum atomic E-state index is 13.5. The number of nitrogens with zero attached hydrogens (tertiary/aromatic N) is 1. The fourth-order valence-corrected chi connectivity index (χ4v) is 6.40. The highest BCUT2D eigenvalue weighted by molar-refractivity contribution is 7.89. The van der Waals surface area contributed by atoms with E-state index in [1.54, 1.807) is 30.3 Å². The minimum Gasteiger partial charge on any atom is -0.342 e. The minimum atomic E-state index is -3.84. The first kappa shape index (κ1) is 25.9. The molecule has 2 amide bonds. The Morgan fingerprint density at radius 1 is 1.00 bits per heavy atom. The van der Waals surface area contributed by atoms with Crippen LogP contribution in [0.2, 0.25) is 0 Å². The van der Waals surface area contributed by atoms with E-state index in [1.165, 1.54) is 0 Å². The summed E-state index contributed by atoms with van der Waals surface area (Å²) in [7, 11) is -3.84. The smallest absolute Gasteiger partial charge is 0.255 e. The molecule has 0 bridgehead atoms. The summed E-state index contributed by atoms with van der Waals surface area (Å²) in [6.45, 7) is 6.91. The number of rotatable bonds is 7. The number of hydrogen-bond acceptors (Lipinski definition) is 4. The quantitative estimate of drug-likeness (QED) is 0.484. The second kappa shape index (κ2) is 10.8. The number of hydrogen-bond donors (Lipinski definition) is 2. The lowest BCUT2D eigenvalue weighted by molar-refractivity contribution is -0.133. The highest BCUT2D eigenvalue weighted by Crippen LogP contribution is 2.31. The molecule has 0 aromatic heterocycles. The Hall–Kier alpha value is -3.23. The lowest BCUT2D eigenvalue weighted by Crippen LogP contribution is -2.51. The van der Waals surface area contributed by atoms with Crippen LogP contribution < -0.4 is 10.0 Å². The van der Waals surface area contributed by atoms with Crippen LogP contribution in [0, 0.1) is 12.8 Å². The summed E-state index contributed by atoms with van der Waals surface area (Å²) in [6.07, 6.45) is 1.88. The van der Waals surface area contributed by atoms with Crippen molar-refractivity contribution in [3.63, 3.8) is 0 Å². The van der Waals surface area contributed by atoms with Gasteiger partial charge < -0.3 is 10.2 Å². The SMILES string of the molecule is CCCC(=O)N1CCC(NS(=O)(=O)c2ccc(NC(=O)c3ccccc3C)c3ccccc23)[C@@H](C)C1. The van der Waals surface area contributed by atoms with Crippen LogP contribution >= 0.6 is 0 Å². The molecular formula is C28H33N3O4S. The standard InChI is InChI=1S/C28H33N3O4S/c1-4-9-27(32)31-17-16-24(20(3)18-31)30-36(34,35)26-15-14-25(22-12-7-8-13-23(22)26)29-28(33)21-11-6-5-10-19(21)2/h5-8,10-15,20,24,30H,4,9,16-18H2,1-3H3,(H,29,33)/t20-,24?/m0/s1. The molecule has 7 nitrogen and oxygen atoms in total. The van der Waals surface area contributed by atoms with Gasteiger partial charge in [0, 0.05) is 47.6 Å². The first-order chi connectivity index (χ1) is 17.2. The fraction of sp³-hybridized carbons (Fsp3) is 0.357. The highest BCUT2D eigenvalue weighted by Gasteiger charge is 2.32. The molecule has 190 valence electrons. The number of aryl methyl sites for hydroxylation is 1. The van der Waals surface area contributed by atoms with Crippen LogP contribution in [0.15, 0.2) is 65.6 Å². The number of carbonyl (C=O) groups excluding carboxylic acids is 2. The van der Waals surface area contributed by atoms with Crippen LogP contribution in [-0.4, -0.2) is 44.3 Å². The first-order valence-electron chi connectivity index (χ1n) is 12.4. The van der Waals surface area contributed by atoms with E-state index in [9.17, 15) is 18.0 Å². The molecule has 1 heterocycles. The van der Waals surface area contributed by atoms with Crippen molar-refractivity contribution in [1.82, 2.24) is 9.62 Å². The predicted molar refractivity (Wildman–Crippen MR) is 142 cm³/mol. The molecule has 1 aliphatic rings. The molecule has 2 N–H and O–H groups in total. The fourth-order valence-electron chi connectivity index (χ4n) is 4.81. The molecule has 0 saturated carbocycles. The maximum Gasteiger partial charge on any atom is 0.255 e. The van der Waals surface area contributed by atoms with Crippen molar-refractivity contribution in [1.29, 1.82) is 0 Å². The Morgan fingerprint density at radius 2 is 1.69 bits per heavy atom. The van der Waals surface area contributed by atoms with Crippen LogP contribution in [0.5, 0.6) is 0 Å². The van der Waals surface area contributed by atoms with Crippen LogP contribution in [-0.2, 0) is 14.8 Å². The zero-order valence-corrected chi connectivity index (χ0v) is 21.8. The van der Waals surface area contributed by atoms with E-state index in [-0.39, 0.29) is 28.7 Å². The number of likely N-dealkylation sites (tertiary alicyclic amines) is 1. The monoisotopic (exact) mass is 507 g/mol. The molecule has 1 aliphatic heterocycles. The average Bonchev–Trinajstić information content (AvgIpc) is 2.85. The summed E-state index contributed by atoms with van der Waals surface area (Å²) >= 11 is 0. The van der Waals surface area contributed by atoms with Crippen molar-refractivity contribution in [2.75, 3.05) is 18.4 Å². The summed E-state index contributed by atoms with van der Waals surface area (Å²) in [5.41, 5.74) is 1.98. The number of amides is 2. The molecule has 0 aliphatic carbocycles. The van der Waals surface area contributed by atoms with Gasteiger partial charge >= 0.3 is 0 Å². The Morgan fingerprint density at radius 3 is 2.39 bits per heavy atom. The van der Waals surface area contributed by atoms with Gasteiger partial charge in [-0.2, -0.15) is 0 Å². The Bertz CT molecular complexity index is 1390. The van der Waals surface area contributed by atoms with Crippen LogP contribution in [0.25, 0.3) is 10.8 Å². The molecule has 0 spiro atoms. The van der Waals surface area contributed by atoms with E-state index in [4.69, 9.17) is 0 Å². The topological polar surface area (TPSA) is 95.6 Å². The van der Waals surface area contributed by atoms with Crippen LogP contribution in [0.3, 0.4) is 0 Å². The van der Waals surface area contributed by atoms with Gasteiger partial charge in [0.15, 0.2) is 0 Å². The first-order valence-corrected chi connectivity index (χ1v) is 13.9. The van der Waals surface area contributed by atoms with E-state index < -0.39 is 10.0 Å². The molecular weight excluding hydrogens is 474 g/mol. The highest BCUT2D eigenvalue weighted by atomic mass is 32.2. The number of benzene rings is 3. The van der Waals surface area contributed by atoms with Gasteiger partial charge in [0.05, 0.1) is 4.90 Å². The van der Waals surface area contributed by atoms with Crippen LogP contribution in [0.1, 0.15) is 49.0 Å². The number of nitrogens with one attached hydrogen (secondary N) is 2.